The van der Waals surface area contributed by atoms with Crippen LogP contribution >= 0.6 is 0 Å². The van der Waals surface area contributed by atoms with E-state index in [1.165, 1.54) is 19.3 Å². The molecule has 2 rings (SSSR count). The van der Waals surface area contributed by atoms with Gasteiger partial charge in [0.05, 0.1) is 0 Å². The smallest absolute Gasteiger partial charge is 0.128 e. The lowest BCUT2D eigenvalue weighted by Gasteiger charge is -2.25. The normalized spacial score (nSPS) is 16.1. The predicted octanol–water partition coefficient (Wildman–Crippen LogP) is 2.34. The first-order valence-corrected chi connectivity index (χ1v) is 5.27. The van der Waals surface area contributed by atoms with Crippen molar-refractivity contribution in [2.75, 3.05) is 24.2 Å². The summed E-state index contributed by atoms with van der Waals surface area (Å²) in [5.41, 5.74) is 0. The number of anilines is 2. The molecule has 3 heteroatoms. The van der Waals surface area contributed by atoms with Gasteiger partial charge >= 0.3 is 0 Å². The zero-order valence-electron chi connectivity index (χ0n) is 8.59. The van der Waals surface area contributed by atoms with Crippen molar-refractivity contribution in [3.63, 3.8) is 0 Å². The van der Waals surface area contributed by atoms with E-state index in [9.17, 15) is 0 Å². The maximum Gasteiger partial charge on any atom is 0.128 e. The van der Waals surface area contributed by atoms with Crippen molar-refractivity contribution >= 4 is 11.6 Å². The largest absolute Gasteiger partial charge is 0.373 e. The number of nitrogens with zero attached hydrogens (tertiary/aromatic N) is 1. The third-order valence-corrected chi connectivity index (χ3v) is 2.80. The molecular formula is C11H17N3. The molecule has 76 valence electrons. The van der Waals surface area contributed by atoms with Crippen molar-refractivity contribution < 1.29 is 0 Å². The Morgan fingerprint density at radius 3 is 2.79 bits per heavy atom. The summed E-state index contributed by atoms with van der Waals surface area (Å²) in [5.74, 6) is 2.77. The van der Waals surface area contributed by atoms with E-state index in [4.69, 9.17) is 0 Å². The zero-order valence-corrected chi connectivity index (χ0v) is 8.59. The molecule has 14 heavy (non-hydrogen) atoms. The molecule has 1 saturated carbocycles. The molecule has 0 spiro atoms. The minimum atomic E-state index is 0.870. The van der Waals surface area contributed by atoms with E-state index in [0.29, 0.717) is 0 Å². The van der Waals surface area contributed by atoms with Gasteiger partial charge in [-0.2, -0.15) is 0 Å². The molecule has 0 atom stereocenters. The molecule has 1 aromatic rings. The van der Waals surface area contributed by atoms with Gasteiger partial charge in [0.25, 0.3) is 0 Å². The van der Waals surface area contributed by atoms with Gasteiger partial charge in [-0.25, -0.2) is 4.98 Å². The van der Waals surface area contributed by atoms with Gasteiger partial charge in [-0.15, -0.1) is 0 Å². The number of aromatic nitrogens is 1. The molecule has 0 aliphatic heterocycles. The highest BCUT2D eigenvalue weighted by Crippen LogP contribution is 2.26. The van der Waals surface area contributed by atoms with Gasteiger partial charge in [0.2, 0.25) is 0 Å². The quantitative estimate of drug-likeness (QED) is 0.767. The van der Waals surface area contributed by atoms with Crippen molar-refractivity contribution in [3.05, 3.63) is 18.2 Å². The molecule has 0 radical (unpaired) electrons. The fraction of sp³-hybridized carbons (Fsp3) is 0.545. The molecule has 1 fully saturated rings. The molecule has 1 aliphatic carbocycles. The van der Waals surface area contributed by atoms with Crippen LogP contribution in [0.15, 0.2) is 18.2 Å². The van der Waals surface area contributed by atoms with Gasteiger partial charge in [0.15, 0.2) is 0 Å². The minimum absolute atomic E-state index is 0.870. The van der Waals surface area contributed by atoms with Crippen molar-refractivity contribution in [3.8, 4) is 0 Å². The van der Waals surface area contributed by atoms with Crippen LogP contribution in [0.5, 0.6) is 0 Å². The molecule has 0 amide bonds. The average Bonchev–Trinajstić information content (AvgIpc) is 2.16. The van der Waals surface area contributed by atoms with E-state index in [2.05, 4.69) is 15.6 Å². The molecule has 3 nitrogen and oxygen atoms in total. The summed E-state index contributed by atoms with van der Waals surface area (Å²) in [4.78, 5) is 4.40. The molecule has 1 aliphatic rings. The molecule has 0 aromatic carbocycles. The number of nitrogens with one attached hydrogen (secondary N) is 2. The maximum absolute atomic E-state index is 4.40. The molecule has 1 heterocycles. The second-order valence-corrected chi connectivity index (χ2v) is 3.84. The van der Waals surface area contributed by atoms with Crippen LogP contribution in [0.4, 0.5) is 11.6 Å². The van der Waals surface area contributed by atoms with E-state index in [0.717, 1.165) is 24.1 Å². The Kier molecular flexibility index (Phi) is 2.87. The fourth-order valence-electron chi connectivity index (χ4n) is 1.62. The SMILES string of the molecule is CNc1cccc(NCC2CCC2)n1. The van der Waals surface area contributed by atoms with E-state index in [1.807, 2.05) is 25.2 Å². The Morgan fingerprint density at radius 2 is 2.14 bits per heavy atom. The van der Waals surface area contributed by atoms with E-state index in [-0.39, 0.29) is 0 Å². The van der Waals surface area contributed by atoms with Crippen LogP contribution in [0.1, 0.15) is 19.3 Å². The third-order valence-electron chi connectivity index (χ3n) is 2.80. The van der Waals surface area contributed by atoms with Gasteiger partial charge in [0.1, 0.15) is 11.6 Å². The summed E-state index contributed by atoms with van der Waals surface area (Å²) in [7, 11) is 1.89. The van der Waals surface area contributed by atoms with Crippen LogP contribution in [0, 0.1) is 5.92 Å². The van der Waals surface area contributed by atoms with Gasteiger partial charge in [0, 0.05) is 13.6 Å². The summed E-state index contributed by atoms with van der Waals surface area (Å²) >= 11 is 0. The summed E-state index contributed by atoms with van der Waals surface area (Å²) < 4.78 is 0. The van der Waals surface area contributed by atoms with Crippen LogP contribution in [-0.4, -0.2) is 18.6 Å². The molecular weight excluding hydrogens is 174 g/mol. The van der Waals surface area contributed by atoms with Crippen LogP contribution in [0.3, 0.4) is 0 Å². The Labute approximate surface area is 84.9 Å². The summed E-state index contributed by atoms with van der Waals surface area (Å²) in [6.07, 6.45) is 4.15. The lowest BCUT2D eigenvalue weighted by atomic mass is 9.85. The lowest BCUT2D eigenvalue weighted by molar-refractivity contribution is 0.333. The van der Waals surface area contributed by atoms with Gasteiger partial charge in [-0.3, -0.25) is 0 Å². The number of hydrogen-bond donors (Lipinski definition) is 2. The first kappa shape index (κ1) is 9.31. The van der Waals surface area contributed by atoms with E-state index in [1.54, 1.807) is 0 Å². The molecule has 2 N–H and O–H groups in total. The average molecular weight is 191 g/mol. The molecule has 0 unspecified atom stereocenters. The highest BCUT2D eigenvalue weighted by atomic mass is 15.0. The topological polar surface area (TPSA) is 37.0 Å². The summed E-state index contributed by atoms with van der Waals surface area (Å²) in [6.45, 7) is 1.07. The number of hydrogen-bond acceptors (Lipinski definition) is 3. The maximum atomic E-state index is 4.40. The first-order chi connectivity index (χ1) is 6.88. The molecule has 0 saturated heterocycles. The van der Waals surface area contributed by atoms with E-state index < -0.39 is 0 Å². The van der Waals surface area contributed by atoms with Crippen LogP contribution < -0.4 is 10.6 Å². The second kappa shape index (κ2) is 4.31. The third kappa shape index (κ3) is 2.16. The zero-order chi connectivity index (χ0) is 9.80. The molecule has 1 aromatic heterocycles. The van der Waals surface area contributed by atoms with Crippen LogP contribution in [-0.2, 0) is 0 Å². The van der Waals surface area contributed by atoms with Crippen LogP contribution in [0.25, 0.3) is 0 Å². The minimum Gasteiger partial charge on any atom is -0.373 e. The Hall–Kier alpha value is -1.25. The molecule has 0 bridgehead atoms. The van der Waals surface area contributed by atoms with Crippen molar-refractivity contribution in [2.24, 2.45) is 5.92 Å². The summed E-state index contributed by atoms with van der Waals surface area (Å²) in [6, 6.07) is 6.00. The Bertz CT molecular complexity index is 294. The van der Waals surface area contributed by atoms with Gasteiger partial charge < -0.3 is 10.6 Å². The summed E-state index contributed by atoms with van der Waals surface area (Å²) in [5, 5.41) is 6.40. The van der Waals surface area contributed by atoms with Crippen molar-refractivity contribution in [1.29, 1.82) is 0 Å². The number of rotatable bonds is 4. The first-order valence-electron chi connectivity index (χ1n) is 5.27. The standard InChI is InChI=1S/C11H17N3/c1-12-10-6-3-7-11(14-10)13-8-9-4-2-5-9/h3,6-7,9H,2,4-5,8H2,1H3,(H2,12,13,14). The monoisotopic (exact) mass is 191 g/mol. The number of pyridine rings is 1. The van der Waals surface area contributed by atoms with E-state index >= 15 is 0 Å². The van der Waals surface area contributed by atoms with Crippen molar-refractivity contribution in [1.82, 2.24) is 4.98 Å². The van der Waals surface area contributed by atoms with Gasteiger partial charge in [-0.1, -0.05) is 12.5 Å². The Morgan fingerprint density at radius 1 is 1.36 bits per heavy atom. The van der Waals surface area contributed by atoms with Crippen molar-refractivity contribution in [2.45, 2.75) is 19.3 Å². The Balaban J connectivity index is 1.87. The lowest BCUT2D eigenvalue weighted by Crippen LogP contribution is -2.21. The van der Waals surface area contributed by atoms with Gasteiger partial charge in [-0.05, 0) is 30.9 Å². The fourth-order valence-corrected chi connectivity index (χ4v) is 1.62. The second-order valence-electron chi connectivity index (χ2n) is 3.84. The highest BCUT2D eigenvalue weighted by molar-refractivity contribution is 5.44. The highest BCUT2D eigenvalue weighted by Gasteiger charge is 2.16. The van der Waals surface area contributed by atoms with Crippen LogP contribution in [0.2, 0.25) is 0 Å². The predicted molar refractivity (Wildman–Crippen MR) is 59.6 cm³/mol.